The van der Waals surface area contributed by atoms with Crippen LogP contribution in [0.3, 0.4) is 0 Å². The summed E-state index contributed by atoms with van der Waals surface area (Å²) in [7, 11) is 0. The van der Waals surface area contributed by atoms with E-state index in [0.29, 0.717) is 6.04 Å². The average Bonchev–Trinajstić information content (AvgIpc) is 2.47. The number of aromatic nitrogens is 1. The zero-order chi connectivity index (χ0) is 15.2. The summed E-state index contributed by atoms with van der Waals surface area (Å²) in [5.41, 5.74) is 6.49. The fraction of sp³-hybridized carbons (Fsp3) is 0.625. The van der Waals surface area contributed by atoms with Crippen LogP contribution < -0.4 is 11.1 Å². The Morgan fingerprint density at radius 1 is 1.48 bits per heavy atom. The second-order valence-corrected chi connectivity index (χ2v) is 5.90. The fourth-order valence-electron chi connectivity index (χ4n) is 2.76. The number of anilines is 1. The number of nitrogens with zero attached hydrogens (tertiary/aromatic N) is 2. The van der Waals surface area contributed by atoms with Gasteiger partial charge in [-0.25, -0.2) is 4.98 Å². The highest BCUT2D eigenvalue weighted by molar-refractivity contribution is 5.76. The van der Waals surface area contributed by atoms with E-state index in [1.807, 2.05) is 18.2 Å². The maximum absolute atomic E-state index is 11.4. The molecular weight excluding hydrogens is 264 g/mol. The van der Waals surface area contributed by atoms with Gasteiger partial charge in [-0.2, -0.15) is 0 Å². The van der Waals surface area contributed by atoms with E-state index in [2.05, 4.69) is 29.0 Å². The van der Waals surface area contributed by atoms with Gasteiger partial charge in [0.05, 0.1) is 11.6 Å². The quantitative estimate of drug-likeness (QED) is 0.840. The van der Waals surface area contributed by atoms with Crippen LogP contribution in [0.15, 0.2) is 18.2 Å². The molecule has 0 spiro atoms. The lowest BCUT2D eigenvalue weighted by Gasteiger charge is -2.36. The van der Waals surface area contributed by atoms with Crippen molar-refractivity contribution in [1.82, 2.24) is 9.88 Å². The summed E-state index contributed by atoms with van der Waals surface area (Å²) in [4.78, 5) is 18.4. The van der Waals surface area contributed by atoms with Crippen molar-refractivity contribution in [3.63, 3.8) is 0 Å². The molecule has 3 N–H and O–H groups in total. The monoisotopic (exact) mass is 290 g/mol. The van der Waals surface area contributed by atoms with Crippen molar-refractivity contribution in [1.29, 1.82) is 0 Å². The van der Waals surface area contributed by atoms with E-state index in [0.717, 1.165) is 50.4 Å². The molecule has 1 fully saturated rings. The molecule has 1 saturated heterocycles. The average molecular weight is 290 g/mol. The smallest absolute Gasteiger partial charge is 0.221 e. The van der Waals surface area contributed by atoms with Gasteiger partial charge in [-0.15, -0.1) is 0 Å². The number of hydrogen-bond donors (Lipinski definition) is 2. The molecule has 1 aliphatic rings. The molecule has 0 saturated carbocycles. The second kappa shape index (κ2) is 7.41. The number of primary amides is 1. The van der Waals surface area contributed by atoms with Gasteiger partial charge in [0, 0.05) is 25.7 Å². The topological polar surface area (TPSA) is 71.2 Å². The van der Waals surface area contributed by atoms with Crippen molar-refractivity contribution in [2.75, 3.05) is 18.4 Å². The molecular formula is C16H26N4O. The zero-order valence-corrected chi connectivity index (χ0v) is 13.0. The minimum absolute atomic E-state index is 0.0254. The van der Waals surface area contributed by atoms with Crippen molar-refractivity contribution in [2.45, 2.75) is 45.7 Å². The largest absolute Gasteiger partial charge is 0.370 e. The molecule has 5 nitrogen and oxygen atoms in total. The highest BCUT2D eigenvalue weighted by Gasteiger charge is 2.28. The molecule has 1 aromatic heterocycles. The summed E-state index contributed by atoms with van der Waals surface area (Å²) in [6.45, 7) is 6.78. The molecule has 0 aromatic carbocycles. The lowest BCUT2D eigenvalue weighted by molar-refractivity contribution is -0.124. The molecule has 1 aliphatic heterocycles. The summed E-state index contributed by atoms with van der Waals surface area (Å²) < 4.78 is 0. The SMILES string of the molecule is CCCNc1cccc(CN2CC(C(N)=O)CCC2C)n1. The number of amides is 1. The van der Waals surface area contributed by atoms with Crippen LogP contribution in [0.4, 0.5) is 5.82 Å². The van der Waals surface area contributed by atoms with Gasteiger partial charge in [0.25, 0.3) is 0 Å². The minimum Gasteiger partial charge on any atom is -0.370 e. The Morgan fingerprint density at radius 3 is 3.00 bits per heavy atom. The molecule has 116 valence electrons. The summed E-state index contributed by atoms with van der Waals surface area (Å²) in [6.07, 6.45) is 3.00. The van der Waals surface area contributed by atoms with Crippen LogP contribution in [-0.4, -0.2) is 34.9 Å². The van der Waals surface area contributed by atoms with E-state index in [1.54, 1.807) is 0 Å². The van der Waals surface area contributed by atoms with Gasteiger partial charge in [-0.1, -0.05) is 13.0 Å². The maximum Gasteiger partial charge on any atom is 0.221 e. The molecule has 0 aliphatic carbocycles. The minimum atomic E-state index is -0.182. The normalized spacial score (nSPS) is 23.0. The van der Waals surface area contributed by atoms with Crippen LogP contribution in [0.5, 0.6) is 0 Å². The number of nitrogens with one attached hydrogen (secondary N) is 1. The molecule has 5 heteroatoms. The van der Waals surface area contributed by atoms with Crippen LogP contribution >= 0.6 is 0 Å². The predicted molar refractivity (Wildman–Crippen MR) is 84.8 cm³/mol. The third kappa shape index (κ3) is 4.43. The van der Waals surface area contributed by atoms with Gasteiger partial charge < -0.3 is 11.1 Å². The summed E-state index contributed by atoms with van der Waals surface area (Å²) in [5.74, 6) is 0.714. The first-order valence-electron chi connectivity index (χ1n) is 7.83. The van der Waals surface area contributed by atoms with E-state index in [-0.39, 0.29) is 11.8 Å². The number of likely N-dealkylation sites (tertiary alicyclic amines) is 1. The predicted octanol–water partition coefficient (Wildman–Crippen LogP) is 1.99. The fourth-order valence-corrected chi connectivity index (χ4v) is 2.76. The summed E-state index contributed by atoms with van der Waals surface area (Å²) in [5, 5.41) is 3.31. The molecule has 0 radical (unpaired) electrons. The van der Waals surface area contributed by atoms with E-state index >= 15 is 0 Å². The first kappa shape index (κ1) is 15.8. The first-order chi connectivity index (χ1) is 10.1. The van der Waals surface area contributed by atoms with E-state index in [4.69, 9.17) is 5.73 Å². The Hall–Kier alpha value is -1.62. The maximum atomic E-state index is 11.4. The molecule has 2 heterocycles. The summed E-state index contributed by atoms with van der Waals surface area (Å²) >= 11 is 0. The van der Waals surface area contributed by atoms with Gasteiger partial charge in [-0.3, -0.25) is 9.69 Å². The zero-order valence-electron chi connectivity index (χ0n) is 13.0. The van der Waals surface area contributed by atoms with Gasteiger partial charge >= 0.3 is 0 Å². The van der Waals surface area contributed by atoms with Gasteiger partial charge in [-0.05, 0) is 38.3 Å². The Bertz CT molecular complexity index is 477. The van der Waals surface area contributed by atoms with Crippen molar-refractivity contribution in [2.24, 2.45) is 11.7 Å². The highest BCUT2D eigenvalue weighted by Crippen LogP contribution is 2.23. The second-order valence-electron chi connectivity index (χ2n) is 5.90. The molecule has 1 amide bonds. The van der Waals surface area contributed by atoms with Crippen molar-refractivity contribution in [3.05, 3.63) is 23.9 Å². The first-order valence-corrected chi connectivity index (χ1v) is 7.83. The Balaban J connectivity index is 2.00. The standard InChI is InChI=1S/C16H26N4O/c1-3-9-18-15-6-4-5-14(19-15)11-20-10-13(16(17)21)8-7-12(20)2/h4-6,12-13H,3,7-11H2,1-2H3,(H2,17,21)(H,18,19). The number of nitrogens with two attached hydrogens (primary N) is 1. The van der Waals surface area contributed by atoms with E-state index < -0.39 is 0 Å². The van der Waals surface area contributed by atoms with Crippen LogP contribution in [0.2, 0.25) is 0 Å². The number of piperidine rings is 1. The van der Waals surface area contributed by atoms with Gasteiger partial charge in [0.15, 0.2) is 0 Å². The van der Waals surface area contributed by atoms with Gasteiger partial charge in [0.2, 0.25) is 5.91 Å². The molecule has 21 heavy (non-hydrogen) atoms. The van der Waals surface area contributed by atoms with Crippen LogP contribution in [0.25, 0.3) is 0 Å². The van der Waals surface area contributed by atoms with Crippen molar-refractivity contribution in [3.8, 4) is 0 Å². The Labute approximate surface area is 126 Å². The number of rotatable bonds is 6. The third-order valence-electron chi connectivity index (χ3n) is 4.14. The van der Waals surface area contributed by atoms with Crippen LogP contribution in [0, 0.1) is 5.92 Å². The lowest BCUT2D eigenvalue weighted by atomic mass is 9.93. The number of pyridine rings is 1. The number of carbonyl (C=O) groups excluding carboxylic acids is 1. The van der Waals surface area contributed by atoms with Crippen LogP contribution in [0.1, 0.15) is 38.8 Å². The third-order valence-corrected chi connectivity index (χ3v) is 4.14. The van der Waals surface area contributed by atoms with E-state index in [1.165, 1.54) is 0 Å². The lowest BCUT2D eigenvalue weighted by Crippen LogP contribution is -2.45. The molecule has 2 atom stereocenters. The Morgan fingerprint density at radius 2 is 2.29 bits per heavy atom. The highest BCUT2D eigenvalue weighted by atomic mass is 16.1. The van der Waals surface area contributed by atoms with Crippen molar-refractivity contribution >= 4 is 11.7 Å². The molecule has 0 bridgehead atoms. The van der Waals surface area contributed by atoms with Crippen molar-refractivity contribution < 1.29 is 4.79 Å². The van der Waals surface area contributed by atoms with Gasteiger partial charge in [0.1, 0.15) is 5.82 Å². The molecule has 2 unspecified atom stereocenters. The number of carbonyl (C=O) groups is 1. The van der Waals surface area contributed by atoms with E-state index in [9.17, 15) is 4.79 Å². The Kier molecular flexibility index (Phi) is 5.56. The number of hydrogen-bond acceptors (Lipinski definition) is 4. The van der Waals surface area contributed by atoms with Crippen LogP contribution in [-0.2, 0) is 11.3 Å². The molecule has 2 rings (SSSR count). The summed E-state index contributed by atoms with van der Waals surface area (Å²) in [6, 6.07) is 6.53. The molecule has 1 aromatic rings.